The molecule has 0 heterocycles. The van der Waals surface area contributed by atoms with Crippen molar-refractivity contribution in [1.29, 1.82) is 0 Å². The van der Waals surface area contributed by atoms with Crippen molar-refractivity contribution in [1.82, 2.24) is 0 Å². The molecule has 2 rings (SSSR count). The predicted molar refractivity (Wildman–Crippen MR) is 71.4 cm³/mol. The van der Waals surface area contributed by atoms with Crippen LogP contribution in [-0.4, -0.2) is 18.9 Å². The van der Waals surface area contributed by atoms with Gasteiger partial charge in [-0.2, -0.15) is 0 Å². The predicted octanol–water partition coefficient (Wildman–Crippen LogP) is 3.63. The van der Waals surface area contributed by atoms with E-state index in [0.717, 1.165) is 0 Å². The van der Waals surface area contributed by atoms with Gasteiger partial charge in [0.1, 0.15) is 17.2 Å². The van der Waals surface area contributed by atoms with Gasteiger partial charge in [0.25, 0.3) is 0 Å². The molecule has 5 nitrogen and oxygen atoms in total. The van der Waals surface area contributed by atoms with Crippen molar-refractivity contribution in [3.05, 3.63) is 53.7 Å². The molecule has 2 aromatic rings. The summed E-state index contributed by atoms with van der Waals surface area (Å²) in [6.45, 7) is 0. The van der Waals surface area contributed by atoms with Gasteiger partial charge in [0.15, 0.2) is 0 Å². The topological polar surface area (TPSA) is 56.9 Å². The van der Waals surface area contributed by atoms with Gasteiger partial charge in [0.2, 0.25) is 5.69 Å². The minimum atomic E-state index is -2.57. The number of azo groups is 1. The molecule has 0 spiro atoms. The molecule has 0 aliphatic carbocycles. The van der Waals surface area contributed by atoms with E-state index < -0.39 is 14.1 Å². The first kappa shape index (κ1) is 7.13. The highest BCUT2D eigenvalue weighted by Crippen LogP contribution is 2.22. The third-order valence-corrected chi connectivity index (χ3v) is 2.34. The summed E-state index contributed by atoms with van der Waals surface area (Å²) in [4.78, 5) is 0.346. The molecule has 2 aromatic carbocycles. The molecule has 98 valence electrons. The van der Waals surface area contributed by atoms with E-state index in [2.05, 4.69) is 5.11 Å². The molecule has 0 aromatic heterocycles. The zero-order valence-corrected chi connectivity index (χ0v) is 9.74. The summed E-state index contributed by atoms with van der Waals surface area (Å²) >= 11 is 0. The standard InChI is InChI=1S/C14H14N2O3/c1-18-13-7-3-11(4-8-13)15-16(17)12-5-9-14(19-2)10-6-12/h3-10H,1-2H3/i1D3,2D3. The molecule has 0 saturated carbocycles. The van der Waals surface area contributed by atoms with Crippen LogP contribution in [0.4, 0.5) is 11.4 Å². The molecular formula is C14H14N2O3. The van der Waals surface area contributed by atoms with Crippen molar-refractivity contribution in [2.75, 3.05) is 14.1 Å². The Hall–Kier alpha value is -2.56. The summed E-state index contributed by atoms with van der Waals surface area (Å²) in [6.07, 6.45) is 0. The van der Waals surface area contributed by atoms with Crippen molar-refractivity contribution in [3.63, 3.8) is 0 Å². The quantitative estimate of drug-likeness (QED) is 0.481. The molecular weight excluding hydrogens is 244 g/mol. The first-order valence-corrected chi connectivity index (χ1v) is 5.29. The maximum Gasteiger partial charge on any atom is 0.245 e. The van der Waals surface area contributed by atoms with Gasteiger partial charge < -0.3 is 14.7 Å². The van der Waals surface area contributed by atoms with Crippen LogP contribution < -0.4 is 9.47 Å². The lowest BCUT2D eigenvalue weighted by Crippen LogP contribution is -1.91. The lowest BCUT2D eigenvalue weighted by atomic mass is 10.3. The summed E-state index contributed by atoms with van der Waals surface area (Å²) in [5.41, 5.74) is 0.455. The number of hydrogen-bond acceptors (Lipinski definition) is 4. The number of nitrogens with zero attached hydrogens (tertiary/aromatic N) is 2. The van der Waals surface area contributed by atoms with Crippen LogP contribution in [0, 0.1) is 5.21 Å². The summed E-state index contributed by atoms with van der Waals surface area (Å²) in [5, 5.41) is 15.8. The van der Waals surface area contributed by atoms with Crippen molar-refractivity contribution < 1.29 is 22.6 Å². The van der Waals surface area contributed by atoms with E-state index in [1.165, 1.54) is 48.5 Å². The molecule has 5 heteroatoms. The van der Waals surface area contributed by atoms with E-state index in [-0.39, 0.29) is 22.9 Å². The highest BCUT2D eigenvalue weighted by Gasteiger charge is 2.04. The van der Waals surface area contributed by atoms with Crippen molar-refractivity contribution in [2.45, 2.75) is 0 Å². The molecule has 0 N–H and O–H groups in total. The molecule has 0 bridgehead atoms. The Bertz CT molecular complexity index is 739. The molecule has 0 aliphatic rings. The fourth-order valence-corrected chi connectivity index (χ4v) is 1.39. The summed E-state index contributed by atoms with van der Waals surface area (Å²) < 4.78 is 51.4. The van der Waals surface area contributed by atoms with Gasteiger partial charge in [-0.3, -0.25) is 0 Å². The van der Waals surface area contributed by atoms with Crippen LogP contribution in [0.1, 0.15) is 8.22 Å². The largest absolute Gasteiger partial charge is 0.594 e. The fourth-order valence-electron chi connectivity index (χ4n) is 1.39. The van der Waals surface area contributed by atoms with E-state index in [4.69, 9.17) is 17.7 Å². The van der Waals surface area contributed by atoms with Gasteiger partial charge in [-0.05, 0) is 36.4 Å². The average molecular weight is 264 g/mol. The summed E-state index contributed by atoms with van der Waals surface area (Å²) in [5.74, 6) is 0.228. The zero-order valence-electron chi connectivity index (χ0n) is 15.7. The van der Waals surface area contributed by atoms with Crippen molar-refractivity contribution in [2.24, 2.45) is 5.11 Å². The maximum absolute atomic E-state index is 12.0. The minimum absolute atomic E-state index is 0.100. The Kier molecular flexibility index (Phi) is 2.20. The third kappa shape index (κ3) is 3.22. The van der Waals surface area contributed by atoms with Crippen LogP contribution in [-0.2, 0) is 0 Å². The molecule has 0 saturated heterocycles. The zero-order chi connectivity index (χ0) is 18.7. The van der Waals surface area contributed by atoms with Gasteiger partial charge in [-0.15, -0.1) is 0 Å². The average Bonchev–Trinajstić information content (AvgIpc) is 2.47. The van der Waals surface area contributed by atoms with Crippen molar-refractivity contribution in [3.8, 4) is 11.5 Å². The Morgan fingerprint density at radius 1 is 0.947 bits per heavy atom. The number of ether oxygens (including phenoxy) is 2. The highest BCUT2D eigenvalue weighted by atomic mass is 16.5. The van der Waals surface area contributed by atoms with Crippen molar-refractivity contribution >= 4 is 11.4 Å². The molecule has 19 heavy (non-hydrogen) atoms. The van der Waals surface area contributed by atoms with Crippen LogP contribution in [0.25, 0.3) is 0 Å². The molecule has 0 unspecified atom stereocenters. The number of rotatable bonds is 4. The second kappa shape index (κ2) is 5.86. The first-order chi connectivity index (χ1) is 11.5. The Morgan fingerprint density at radius 3 is 2.00 bits per heavy atom. The van der Waals surface area contributed by atoms with E-state index in [1.807, 2.05) is 0 Å². The Morgan fingerprint density at radius 2 is 1.47 bits per heavy atom. The molecule has 0 fully saturated rings. The van der Waals surface area contributed by atoms with E-state index in [0.29, 0.717) is 4.86 Å². The van der Waals surface area contributed by atoms with Crippen LogP contribution in [0.5, 0.6) is 11.5 Å². The second-order valence-electron chi connectivity index (χ2n) is 3.56. The lowest BCUT2D eigenvalue weighted by Gasteiger charge is -2.02. The molecule has 0 amide bonds. The van der Waals surface area contributed by atoms with Gasteiger partial charge >= 0.3 is 0 Å². The van der Waals surface area contributed by atoms with Crippen LogP contribution in [0.2, 0.25) is 0 Å². The first-order valence-electron chi connectivity index (χ1n) is 8.29. The monoisotopic (exact) mass is 264 g/mol. The van der Waals surface area contributed by atoms with Gasteiger partial charge in [0.05, 0.1) is 22.3 Å². The van der Waals surface area contributed by atoms with Crippen LogP contribution in [0.15, 0.2) is 53.6 Å². The lowest BCUT2D eigenvalue weighted by molar-refractivity contribution is -0.435. The third-order valence-electron chi connectivity index (χ3n) is 2.34. The van der Waals surface area contributed by atoms with E-state index in [9.17, 15) is 5.21 Å². The SMILES string of the molecule is [2H]C([2H])([2H])Oc1ccc(N=[N+]([O-])c2ccc(OC([2H])([2H])[2H])cc2)cc1. The van der Waals surface area contributed by atoms with Crippen LogP contribution in [0.3, 0.4) is 0 Å². The molecule has 0 aliphatic heterocycles. The maximum atomic E-state index is 12.0. The summed E-state index contributed by atoms with van der Waals surface area (Å²) in [7, 11) is -5.12. The molecule has 0 atom stereocenters. The Balaban J connectivity index is 2.10. The fraction of sp³-hybridized carbons (Fsp3) is 0.143. The smallest absolute Gasteiger partial charge is 0.245 e. The van der Waals surface area contributed by atoms with Gasteiger partial charge in [-0.1, -0.05) is 4.86 Å². The molecule has 0 radical (unpaired) electrons. The number of benzene rings is 2. The minimum Gasteiger partial charge on any atom is -0.594 e. The summed E-state index contributed by atoms with van der Waals surface area (Å²) in [6, 6.07) is 11.0. The van der Waals surface area contributed by atoms with Crippen LogP contribution >= 0.6 is 0 Å². The van der Waals surface area contributed by atoms with E-state index >= 15 is 0 Å². The normalized spacial score (nSPS) is 17.2. The highest BCUT2D eigenvalue weighted by molar-refractivity contribution is 5.41. The second-order valence-corrected chi connectivity index (χ2v) is 3.56. The number of hydrogen-bond donors (Lipinski definition) is 0. The number of methoxy groups -OCH3 is 2. The Labute approximate surface area is 119 Å². The van der Waals surface area contributed by atoms with E-state index in [1.54, 1.807) is 0 Å². The van der Waals surface area contributed by atoms with Gasteiger partial charge in [0, 0.05) is 17.2 Å². The van der Waals surface area contributed by atoms with Gasteiger partial charge in [-0.25, -0.2) is 0 Å².